The number of aryl methyl sites for hydroxylation is 1. The van der Waals surface area contributed by atoms with Crippen LogP contribution in [0.25, 0.3) is 43.9 Å². The summed E-state index contributed by atoms with van der Waals surface area (Å²) in [5.74, 6) is 2.43. The second-order valence-electron chi connectivity index (χ2n) is 8.33. The first-order valence-corrected chi connectivity index (χ1v) is 11.3. The molecule has 1 radical (unpaired) electrons. The molecular weight excluding hydrogens is 824 g/mol. The van der Waals surface area contributed by atoms with Crippen molar-refractivity contribution in [2.75, 3.05) is 0 Å². The summed E-state index contributed by atoms with van der Waals surface area (Å²) >= 11 is 0. The van der Waals surface area contributed by atoms with Crippen LogP contribution in [-0.4, -0.2) is 23.7 Å². The van der Waals surface area contributed by atoms with Crippen LogP contribution in [0, 0.1) is 25.0 Å². The second-order valence-corrected chi connectivity index (χ2v) is 8.33. The Morgan fingerprint density at radius 1 is 0.703 bits per heavy atom. The number of fused-ring (bicyclic) bond motifs is 5. The van der Waals surface area contributed by atoms with E-state index in [4.69, 9.17) is 6.42 Å². The van der Waals surface area contributed by atoms with Gasteiger partial charge in [-0.1, -0.05) is 70.6 Å². The van der Waals surface area contributed by atoms with Crippen molar-refractivity contribution in [1.82, 2.24) is 23.7 Å². The van der Waals surface area contributed by atoms with Crippen LogP contribution < -0.4 is 0 Å². The monoisotopic (exact) mass is 844 g/mol. The molecule has 0 N–H and O–H groups in total. The predicted octanol–water partition coefficient (Wildman–Crippen LogP) is 5.76. The standard InChI is InChI=1S/C15H10N4.C15H10N.2Au/c1-3-7-14-12(5-1)16-9-18(14)11-19-10-17-13-6-2-4-8-15(13)19;1-3-11-8-9-15-13(10-11)12-6-4-5-7-14(12)16(15)2;;/h1-8H,11H2;4-10H,2H3;;/q-2;-1;;+1. The van der Waals surface area contributed by atoms with Crippen LogP contribution in [0.1, 0.15) is 5.56 Å². The van der Waals surface area contributed by atoms with Crippen LogP contribution in [0.15, 0.2) is 91.0 Å². The molecular formula is C30H20Au2N5-2. The fraction of sp³-hybridized carbons (Fsp3) is 0.0667. The topological polar surface area (TPSA) is 40.6 Å². The Kier molecular flexibility index (Phi) is 8.21. The molecule has 37 heavy (non-hydrogen) atoms. The van der Waals surface area contributed by atoms with E-state index in [0.717, 1.165) is 27.6 Å². The van der Waals surface area contributed by atoms with Crippen molar-refractivity contribution < 1.29 is 44.8 Å². The minimum absolute atomic E-state index is 0. The molecule has 0 atom stereocenters. The van der Waals surface area contributed by atoms with Gasteiger partial charge in [-0.15, -0.1) is 42.0 Å². The maximum atomic E-state index is 7.18. The zero-order valence-electron chi connectivity index (χ0n) is 19.7. The van der Waals surface area contributed by atoms with Gasteiger partial charge < -0.3 is 30.1 Å². The maximum absolute atomic E-state index is 7.18. The van der Waals surface area contributed by atoms with Gasteiger partial charge in [0.25, 0.3) is 0 Å². The molecule has 0 aliphatic carbocycles. The van der Waals surface area contributed by atoms with E-state index in [1.54, 1.807) is 0 Å². The number of imidazole rings is 2. The molecule has 0 aliphatic rings. The molecule has 0 saturated heterocycles. The third-order valence-electron chi connectivity index (χ3n) is 6.27. The molecule has 0 bridgehead atoms. The summed E-state index contributed by atoms with van der Waals surface area (Å²) in [5.41, 5.74) is 7.27. The van der Waals surface area contributed by atoms with Gasteiger partial charge in [-0.3, -0.25) is 5.92 Å². The summed E-state index contributed by atoms with van der Waals surface area (Å²) in [6, 6.07) is 30.3. The van der Waals surface area contributed by atoms with Crippen LogP contribution in [0.5, 0.6) is 0 Å². The first kappa shape index (κ1) is 26.7. The molecule has 4 aromatic carbocycles. The van der Waals surface area contributed by atoms with Crippen LogP contribution >= 0.6 is 0 Å². The van der Waals surface area contributed by atoms with Gasteiger partial charge in [0.05, 0.1) is 6.67 Å². The van der Waals surface area contributed by atoms with Gasteiger partial charge in [0.15, 0.2) is 0 Å². The molecule has 189 valence electrons. The van der Waals surface area contributed by atoms with Gasteiger partial charge in [-0.05, 0) is 11.5 Å². The quantitative estimate of drug-likeness (QED) is 0.126. The van der Waals surface area contributed by atoms with E-state index in [9.17, 15) is 0 Å². The van der Waals surface area contributed by atoms with E-state index in [1.165, 1.54) is 21.8 Å². The number of hydrogen-bond donors (Lipinski definition) is 0. The van der Waals surface area contributed by atoms with E-state index in [2.05, 4.69) is 52.3 Å². The Morgan fingerprint density at radius 3 is 1.81 bits per heavy atom. The Hall–Kier alpha value is -3.34. The van der Waals surface area contributed by atoms with E-state index < -0.39 is 0 Å². The summed E-state index contributed by atoms with van der Waals surface area (Å²) in [6.45, 7) is 0.612. The van der Waals surface area contributed by atoms with Gasteiger partial charge in [-0.2, -0.15) is 0 Å². The van der Waals surface area contributed by atoms with Crippen molar-refractivity contribution in [3.05, 3.63) is 116 Å². The van der Waals surface area contributed by atoms with Crippen LogP contribution in [0.2, 0.25) is 0 Å². The molecule has 0 unspecified atom stereocenters. The molecule has 0 amide bonds. The first-order chi connectivity index (χ1) is 17.2. The summed E-state index contributed by atoms with van der Waals surface area (Å²) in [4.78, 5) is 8.54. The van der Waals surface area contributed by atoms with E-state index in [0.29, 0.717) is 6.67 Å². The van der Waals surface area contributed by atoms with E-state index in [1.807, 2.05) is 88.0 Å². The Bertz CT molecular complexity index is 1800. The van der Waals surface area contributed by atoms with Crippen molar-refractivity contribution in [1.29, 1.82) is 0 Å². The number of aromatic nitrogens is 5. The van der Waals surface area contributed by atoms with Crippen molar-refractivity contribution >= 4 is 43.9 Å². The Balaban J connectivity index is 0.000000166. The van der Waals surface area contributed by atoms with Gasteiger partial charge in [0.1, 0.15) is 0 Å². The van der Waals surface area contributed by atoms with Crippen molar-refractivity contribution in [3.8, 4) is 5.92 Å². The van der Waals surface area contributed by atoms with Crippen molar-refractivity contribution in [3.63, 3.8) is 0 Å². The Morgan fingerprint density at radius 2 is 1.22 bits per heavy atom. The number of para-hydroxylation sites is 5. The molecule has 0 aliphatic heterocycles. The summed E-state index contributed by atoms with van der Waals surface area (Å²) in [5, 5.41) is 2.42. The zero-order chi connectivity index (χ0) is 23.8. The van der Waals surface area contributed by atoms with Crippen molar-refractivity contribution in [2.24, 2.45) is 7.05 Å². The van der Waals surface area contributed by atoms with Crippen LogP contribution in [0.3, 0.4) is 0 Å². The third-order valence-corrected chi connectivity index (χ3v) is 6.27. The molecule has 0 spiro atoms. The smallest absolute Gasteiger partial charge is 0.432 e. The van der Waals surface area contributed by atoms with Gasteiger partial charge in [-0.25, -0.2) is 0 Å². The fourth-order valence-electron chi connectivity index (χ4n) is 4.51. The molecule has 0 saturated carbocycles. The molecule has 5 nitrogen and oxygen atoms in total. The zero-order valence-corrected chi connectivity index (χ0v) is 24.0. The second kappa shape index (κ2) is 11.4. The average molecular weight is 844 g/mol. The normalized spacial score (nSPS) is 10.5. The van der Waals surface area contributed by atoms with E-state index >= 15 is 0 Å². The minimum atomic E-state index is 0. The molecule has 7 heteroatoms. The number of hydrogen-bond acceptors (Lipinski definition) is 2. The molecule has 3 aromatic heterocycles. The van der Waals surface area contributed by atoms with Crippen LogP contribution in [0.4, 0.5) is 0 Å². The fourth-order valence-corrected chi connectivity index (χ4v) is 4.51. The predicted molar refractivity (Wildman–Crippen MR) is 139 cm³/mol. The maximum Gasteiger partial charge on any atom is 1.00 e. The van der Waals surface area contributed by atoms with Gasteiger partial charge in [0, 0.05) is 58.5 Å². The van der Waals surface area contributed by atoms with E-state index in [-0.39, 0.29) is 44.8 Å². The SMILES string of the molecule is [Au+].[Au].[C-]#Cc1ccc2c(c1)c1ccccc1n2C.[c-]1nc2ccccc2n1Cn1[c-]nc2ccccc21. The number of rotatable bonds is 2. The molecule has 7 aromatic rings. The largest absolute Gasteiger partial charge is 1.00 e. The first-order valence-electron chi connectivity index (χ1n) is 11.3. The number of benzene rings is 4. The Labute approximate surface area is 246 Å². The van der Waals surface area contributed by atoms with Crippen molar-refractivity contribution in [2.45, 2.75) is 6.67 Å². The molecule has 7 rings (SSSR count). The van der Waals surface area contributed by atoms with Gasteiger partial charge >= 0.3 is 22.4 Å². The summed E-state index contributed by atoms with van der Waals surface area (Å²) < 4.78 is 6.12. The van der Waals surface area contributed by atoms with Gasteiger partial charge in [0.2, 0.25) is 0 Å². The molecule has 3 heterocycles. The number of nitrogens with zero attached hydrogens (tertiary/aromatic N) is 5. The molecule has 0 fully saturated rings. The minimum Gasteiger partial charge on any atom is -0.432 e. The summed E-state index contributed by atoms with van der Waals surface area (Å²) in [7, 11) is 2.07. The van der Waals surface area contributed by atoms with Crippen LogP contribution in [-0.2, 0) is 58.5 Å². The third kappa shape index (κ3) is 4.96. The average Bonchev–Trinajstić information content (AvgIpc) is 3.60. The summed E-state index contributed by atoms with van der Waals surface area (Å²) in [6.07, 6.45) is 13.2.